The molecule has 2 aliphatic heterocycles. The highest BCUT2D eigenvalue weighted by atomic mass is 19.1. The first-order chi connectivity index (χ1) is 19.8. The lowest BCUT2D eigenvalue weighted by Crippen LogP contribution is -2.56. The van der Waals surface area contributed by atoms with E-state index in [1.54, 1.807) is 11.6 Å². The predicted octanol–water partition coefficient (Wildman–Crippen LogP) is 3.89. The number of Topliss-reactive ketones (excluding diaryl/α,β-unsaturated/α-hetero) is 1. The fraction of sp³-hybridized carbons (Fsp3) is 0.290. The quantitative estimate of drug-likeness (QED) is 0.296. The van der Waals surface area contributed by atoms with Gasteiger partial charge in [0.2, 0.25) is 5.95 Å². The normalized spacial score (nSPS) is 17.0. The molecule has 4 aromatic rings. The van der Waals surface area contributed by atoms with Gasteiger partial charge in [0.1, 0.15) is 5.69 Å². The fourth-order valence-electron chi connectivity index (χ4n) is 5.90. The molecule has 0 saturated carbocycles. The number of likely N-dealkylation sites (N-methyl/N-ethyl adjacent to an activating group) is 1. The third kappa shape index (κ3) is 5.18. The van der Waals surface area contributed by atoms with Crippen molar-refractivity contribution < 1.29 is 14.0 Å². The summed E-state index contributed by atoms with van der Waals surface area (Å²) in [6.07, 6.45) is 2.40. The highest BCUT2D eigenvalue weighted by Gasteiger charge is 2.33. The second kappa shape index (κ2) is 10.8. The Balaban J connectivity index is 1.22. The fourth-order valence-corrected chi connectivity index (χ4v) is 5.90. The number of carbonyl (C=O) groups is 2. The molecule has 1 amide bonds. The average molecular weight is 554 g/mol. The van der Waals surface area contributed by atoms with Crippen LogP contribution in [0.5, 0.6) is 0 Å². The van der Waals surface area contributed by atoms with Crippen LogP contribution in [0.15, 0.2) is 67.0 Å². The molecule has 9 nitrogen and oxygen atoms in total. The maximum Gasteiger partial charge on any atom is 0.298 e. The topological polar surface area (TPSA) is 86.6 Å². The highest BCUT2D eigenvalue weighted by Crippen LogP contribution is 2.33. The van der Waals surface area contributed by atoms with Crippen LogP contribution in [0.1, 0.15) is 21.7 Å². The molecule has 1 saturated heterocycles. The Hall–Kier alpha value is -4.57. The Morgan fingerprint density at radius 1 is 0.976 bits per heavy atom. The summed E-state index contributed by atoms with van der Waals surface area (Å²) in [4.78, 5) is 41.7. The smallest absolute Gasteiger partial charge is 0.298 e. The Labute approximate surface area is 238 Å². The van der Waals surface area contributed by atoms with Crippen LogP contribution < -0.4 is 15.1 Å². The van der Waals surface area contributed by atoms with Gasteiger partial charge in [-0.2, -0.15) is 0 Å². The molecule has 2 aliphatic rings. The van der Waals surface area contributed by atoms with E-state index in [0.29, 0.717) is 37.0 Å². The van der Waals surface area contributed by atoms with Gasteiger partial charge in [0.05, 0.1) is 18.4 Å². The zero-order chi connectivity index (χ0) is 28.7. The van der Waals surface area contributed by atoms with E-state index in [4.69, 9.17) is 0 Å². The summed E-state index contributed by atoms with van der Waals surface area (Å²) >= 11 is 0. The number of ketones is 1. The molecular formula is C31H32FN7O2. The van der Waals surface area contributed by atoms with E-state index in [0.717, 1.165) is 41.2 Å². The summed E-state index contributed by atoms with van der Waals surface area (Å²) in [6, 6.07) is 17.6. The molecule has 1 unspecified atom stereocenters. The van der Waals surface area contributed by atoms with E-state index >= 15 is 0 Å². The maximum absolute atomic E-state index is 13.4. The number of piperazine rings is 1. The molecule has 210 valence electrons. The minimum absolute atomic E-state index is 0.183. The van der Waals surface area contributed by atoms with Crippen LogP contribution >= 0.6 is 0 Å². The van der Waals surface area contributed by atoms with E-state index in [2.05, 4.69) is 37.0 Å². The lowest BCUT2D eigenvalue weighted by atomic mass is 10.0. The standard InChI is InChI=1S/C31H32FN7O2/c1-20-13-26(21-7-5-4-6-8-21)28(37(20)3)29(40)30(41)35-24-9-10-27-22(14-24)17-36(2)18-25-19-38(11-12-39(25)27)31-33-15-23(32)16-34-31/h4-10,13-16,25H,11-12,17-19H2,1-3H3,(H,35,41). The summed E-state index contributed by atoms with van der Waals surface area (Å²) in [7, 11) is 3.87. The lowest BCUT2D eigenvalue weighted by Gasteiger charge is -2.42. The van der Waals surface area contributed by atoms with Crippen molar-refractivity contribution in [2.24, 2.45) is 7.05 Å². The van der Waals surface area contributed by atoms with Crippen LogP contribution in [-0.4, -0.2) is 70.4 Å². The van der Waals surface area contributed by atoms with Gasteiger partial charge in [-0.25, -0.2) is 14.4 Å². The van der Waals surface area contributed by atoms with E-state index in [1.165, 1.54) is 12.4 Å². The number of fused-ring (bicyclic) bond motifs is 3. The van der Waals surface area contributed by atoms with Crippen LogP contribution in [0.2, 0.25) is 0 Å². The number of aryl methyl sites for hydroxylation is 1. The number of amides is 1. The molecule has 0 bridgehead atoms. The second-order valence-electron chi connectivity index (χ2n) is 10.8. The summed E-state index contributed by atoms with van der Waals surface area (Å²) in [5.41, 5.74) is 5.66. The molecule has 1 atom stereocenters. The number of hydrogen-bond acceptors (Lipinski definition) is 7. The maximum atomic E-state index is 13.4. The number of benzene rings is 2. The molecule has 1 fully saturated rings. The van der Waals surface area contributed by atoms with Crippen LogP contribution in [0.3, 0.4) is 0 Å². The molecule has 0 aliphatic carbocycles. The lowest BCUT2D eigenvalue weighted by molar-refractivity contribution is -0.112. The van der Waals surface area contributed by atoms with Gasteiger partial charge in [-0.1, -0.05) is 30.3 Å². The average Bonchev–Trinajstić information content (AvgIpc) is 3.18. The van der Waals surface area contributed by atoms with Crippen molar-refractivity contribution in [3.05, 3.63) is 89.8 Å². The Morgan fingerprint density at radius 2 is 1.73 bits per heavy atom. The molecule has 6 rings (SSSR count). The molecule has 2 aromatic carbocycles. The first-order valence-corrected chi connectivity index (χ1v) is 13.7. The molecule has 1 N–H and O–H groups in total. The van der Waals surface area contributed by atoms with Crippen LogP contribution in [0.4, 0.5) is 21.7 Å². The number of hydrogen-bond donors (Lipinski definition) is 1. The monoisotopic (exact) mass is 553 g/mol. The number of rotatable bonds is 5. The van der Waals surface area contributed by atoms with Gasteiger partial charge in [0.25, 0.3) is 11.7 Å². The predicted molar refractivity (Wildman–Crippen MR) is 157 cm³/mol. The van der Waals surface area contributed by atoms with E-state index in [-0.39, 0.29) is 6.04 Å². The second-order valence-corrected chi connectivity index (χ2v) is 10.8. The summed E-state index contributed by atoms with van der Waals surface area (Å²) in [5, 5.41) is 2.85. The van der Waals surface area contributed by atoms with Crippen LogP contribution in [0, 0.1) is 12.7 Å². The van der Waals surface area contributed by atoms with Crippen molar-refractivity contribution >= 4 is 29.0 Å². The number of halogens is 1. The van der Waals surface area contributed by atoms with Gasteiger partial charge in [0, 0.05) is 62.4 Å². The Bertz CT molecular complexity index is 1600. The summed E-state index contributed by atoms with van der Waals surface area (Å²) in [6.45, 7) is 5.61. The highest BCUT2D eigenvalue weighted by molar-refractivity contribution is 6.47. The Kier molecular flexibility index (Phi) is 7.00. The summed E-state index contributed by atoms with van der Waals surface area (Å²) in [5.74, 6) is -1.16. The molecule has 0 radical (unpaired) electrons. The third-order valence-corrected chi connectivity index (χ3v) is 7.96. The van der Waals surface area contributed by atoms with Crippen molar-refractivity contribution in [3.63, 3.8) is 0 Å². The number of nitrogens with one attached hydrogen (secondary N) is 1. The van der Waals surface area contributed by atoms with E-state index in [1.807, 2.05) is 61.5 Å². The zero-order valence-corrected chi connectivity index (χ0v) is 23.3. The van der Waals surface area contributed by atoms with Crippen molar-refractivity contribution in [1.82, 2.24) is 19.4 Å². The zero-order valence-electron chi connectivity index (χ0n) is 23.3. The Morgan fingerprint density at radius 3 is 2.49 bits per heavy atom. The van der Waals surface area contributed by atoms with Crippen LogP contribution in [-0.2, 0) is 18.4 Å². The molecule has 10 heteroatoms. The van der Waals surface area contributed by atoms with E-state index < -0.39 is 17.5 Å². The first kappa shape index (κ1) is 26.6. The molecular weight excluding hydrogens is 521 g/mol. The summed E-state index contributed by atoms with van der Waals surface area (Å²) < 4.78 is 15.1. The van der Waals surface area contributed by atoms with Gasteiger partial charge in [-0.05, 0) is 49.4 Å². The molecule has 2 aromatic heterocycles. The number of anilines is 3. The van der Waals surface area contributed by atoms with Gasteiger partial charge in [-0.3, -0.25) is 14.5 Å². The molecule has 4 heterocycles. The van der Waals surface area contributed by atoms with Gasteiger partial charge in [0.15, 0.2) is 5.82 Å². The van der Waals surface area contributed by atoms with Crippen molar-refractivity contribution in [1.29, 1.82) is 0 Å². The van der Waals surface area contributed by atoms with Crippen molar-refractivity contribution in [2.75, 3.05) is 48.3 Å². The van der Waals surface area contributed by atoms with Crippen molar-refractivity contribution in [3.8, 4) is 11.1 Å². The minimum Gasteiger partial charge on any atom is -0.363 e. The van der Waals surface area contributed by atoms with Crippen LogP contribution in [0.25, 0.3) is 11.1 Å². The number of nitrogens with zero attached hydrogens (tertiary/aromatic N) is 6. The van der Waals surface area contributed by atoms with Gasteiger partial charge in [-0.15, -0.1) is 0 Å². The van der Waals surface area contributed by atoms with Crippen molar-refractivity contribution in [2.45, 2.75) is 19.5 Å². The molecule has 0 spiro atoms. The number of aromatic nitrogens is 3. The third-order valence-electron chi connectivity index (χ3n) is 7.96. The largest absolute Gasteiger partial charge is 0.363 e. The van der Waals surface area contributed by atoms with Gasteiger partial charge >= 0.3 is 0 Å². The SMILES string of the molecule is Cc1cc(-c2ccccc2)c(C(=O)C(=O)Nc2ccc3c(c2)CN(C)CC2CN(c4ncc(F)cn4)CCN32)n1C. The number of carbonyl (C=O) groups excluding carboxylic acids is 2. The minimum atomic E-state index is -0.670. The first-order valence-electron chi connectivity index (χ1n) is 13.7. The van der Waals surface area contributed by atoms with Gasteiger partial charge < -0.3 is 19.7 Å². The molecule has 41 heavy (non-hydrogen) atoms. The van der Waals surface area contributed by atoms with E-state index in [9.17, 15) is 14.0 Å².